The van der Waals surface area contributed by atoms with E-state index in [1.807, 2.05) is 30.3 Å². The summed E-state index contributed by atoms with van der Waals surface area (Å²) in [4.78, 5) is 13.9. The van der Waals surface area contributed by atoms with E-state index in [1.54, 1.807) is 0 Å². The van der Waals surface area contributed by atoms with Crippen molar-refractivity contribution in [2.24, 2.45) is 0 Å². The molecule has 0 saturated carbocycles. The molecule has 1 atom stereocenters. The van der Waals surface area contributed by atoms with Crippen LogP contribution in [0.2, 0.25) is 0 Å². The van der Waals surface area contributed by atoms with E-state index in [-0.39, 0.29) is 31.0 Å². The van der Waals surface area contributed by atoms with Gasteiger partial charge in [0.15, 0.2) is 0 Å². The van der Waals surface area contributed by atoms with E-state index in [2.05, 4.69) is 22.6 Å². The number of nitrogens with zero attached hydrogens (tertiary/aromatic N) is 1. The highest BCUT2D eigenvalue weighted by Crippen LogP contribution is 2.04. The SMILES string of the molecule is CN1CCOC(CNC(=O)CNc2ccccc2)C1.Cl. The van der Waals surface area contributed by atoms with Crippen LogP contribution in [0.25, 0.3) is 0 Å². The van der Waals surface area contributed by atoms with Crippen molar-refractivity contribution in [2.75, 3.05) is 45.2 Å². The first-order valence-electron chi connectivity index (χ1n) is 6.60. The maximum atomic E-state index is 11.7. The Morgan fingerprint density at radius 2 is 2.15 bits per heavy atom. The largest absolute Gasteiger partial charge is 0.376 e. The Labute approximate surface area is 126 Å². The van der Waals surface area contributed by atoms with Gasteiger partial charge in [0, 0.05) is 25.3 Å². The summed E-state index contributed by atoms with van der Waals surface area (Å²) in [7, 11) is 2.06. The highest BCUT2D eigenvalue weighted by Gasteiger charge is 2.17. The Morgan fingerprint density at radius 3 is 2.85 bits per heavy atom. The fourth-order valence-corrected chi connectivity index (χ4v) is 2.02. The Hall–Kier alpha value is -1.30. The first kappa shape index (κ1) is 16.8. The van der Waals surface area contributed by atoms with E-state index < -0.39 is 0 Å². The maximum Gasteiger partial charge on any atom is 0.239 e. The van der Waals surface area contributed by atoms with Crippen molar-refractivity contribution < 1.29 is 9.53 Å². The summed E-state index contributed by atoms with van der Waals surface area (Å²) in [6.07, 6.45) is 0.0967. The van der Waals surface area contributed by atoms with Crippen molar-refractivity contribution in [1.82, 2.24) is 10.2 Å². The number of para-hydroxylation sites is 1. The van der Waals surface area contributed by atoms with Gasteiger partial charge < -0.3 is 20.3 Å². The lowest BCUT2D eigenvalue weighted by Crippen LogP contribution is -2.46. The van der Waals surface area contributed by atoms with E-state index in [1.165, 1.54) is 0 Å². The van der Waals surface area contributed by atoms with Gasteiger partial charge in [0.2, 0.25) is 5.91 Å². The number of amides is 1. The number of hydrogen-bond donors (Lipinski definition) is 2. The summed E-state index contributed by atoms with van der Waals surface area (Å²) in [6.45, 7) is 3.41. The first-order valence-corrected chi connectivity index (χ1v) is 6.60. The van der Waals surface area contributed by atoms with Crippen molar-refractivity contribution in [2.45, 2.75) is 6.10 Å². The second-order valence-corrected chi connectivity index (χ2v) is 4.78. The minimum atomic E-state index is -0.0133. The van der Waals surface area contributed by atoms with E-state index in [0.29, 0.717) is 6.54 Å². The molecule has 1 aromatic carbocycles. The van der Waals surface area contributed by atoms with Gasteiger partial charge in [-0.25, -0.2) is 0 Å². The molecule has 112 valence electrons. The minimum absolute atomic E-state index is 0. The number of nitrogens with one attached hydrogen (secondary N) is 2. The number of hydrogen-bond acceptors (Lipinski definition) is 4. The van der Waals surface area contributed by atoms with Crippen LogP contribution < -0.4 is 10.6 Å². The number of ether oxygens (including phenoxy) is 1. The van der Waals surface area contributed by atoms with Crippen LogP contribution in [-0.2, 0) is 9.53 Å². The van der Waals surface area contributed by atoms with Crippen molar-refractivity contribution in [3.63, 3.8) is 0 Å². The predicted molar refractivity (Wildman–Crippen MR) is 82.4 cm³/mol. The highest BCUT2D eigenvalue weighted by atomic mass is 35.5. The summed E-state index contributed by atoms with van der Waals surface area (Å²) in [5.74, 6) is -0.0133. The Morgan fingerprint density at radius 1 is 1.40 bits per heavy atom. The molecule has 2 rings (SSSR count). The third kappa shape index (κ3) is 5.77. The molecular formula is C14H22ClN3O2. The third-order valence-corrected chi connectivity index (χ3v) is 3.10. The van der Waals surface area contributed by atoms with Gasteiger partial charge in [0.25, 0.3) is 0 Å². The van der Waals surface area contributed by atoms with E-state index in [9.17, 15) is 4.79 Å². The van der Waals surface area contributed by atoms with Gasteiger partial charge in [-0.05, 0) is 19.2 Å². The van der Waals surface area contributed by atoms with Crippen molar-refractivity contribution in [3.8, 4) is 0 Å². The van der Waals surface area contributed by atoms with Gasteiger partial charge in [-0.3, -0.25) is 4.79 Å². The topological polar surface area (TPSA) is 53.6 Å². The number of carbonyl (C=O) groups excluding carboxylic acids is 1. The summed E-state index contributed by atoms with van der Waals surface area (Å²) < 4.78 is 5.58. The number of benzene rings is 1. The molecule has 1 aliphatic rings. The molecule has 6 heteroatoms. The lowest BCUT2D eigenvalue weighted by Gasteiger charge is -2.30. The summed E-state index contributed by atoms with van der Waals surface area (Å²) >= 11 is 0. The normalized spacial score (nSPS) is 18.9. The molecule has 0 aliphatic carbocycles. The summed E-state index contributed by atoms with van der Waals surface area (Å²) in [6, 6.07) is 9.69. The third-order valence-electron chi connectivity index (χ3n) is 3.10. The zero-order chi connectivity index (χ0) is 13.5. The predicted octanol–water partition coefficient (Wildman–Crippen LogP) is 0.967. The minimum Gasteiger partial charge on any atom is -0.376 e. The van der Waals surface area contributed by atoms with Gasteiger partial charge in [0.1, 0.15) is 0 Å². The Bertz CT molecular complexity index is 403. The van der Waals surface area contributed by atoms with Gasteiger partial charge in [0.05, 0.1) is 19.3 Å². The molecule has 0 aromatic heterocycles. The monoisotopic (exact) mass is 299 g/mol. The van der Waals surface area contributed by atoms with Gasteiger partial charge >= 0.3 is 0 Å². The maximum absolute atomic E-state index is 11.7. The molecule has 1 saturated heterocycles. The second-order valence-electron chi connectivity index (χ2n) is 4.78. The molecule has 1 aromatic rings. The smallest absolute Gasteiger partial charge is 0.239 e. The summed E-state index contributed by atoms with van der Waals surface area (Å²) in [5, 5.41) is 5.97. The van der Waals surface area contributed by atoms with Crippen LogP contribution in [0.5, 0.6) is 0 Å². The highest BCUT2D eigenvalue weighted by molar-refractivity contribution is 5.85. The van der Waals surface area contributed by atoms with Crippen LogP contribution in [0.3, 0.4) is 0 Å². The van der Waals surface area contributed by atoms with E-state index >= 15 is 0 Å². The number of carbonyl (C=O) groups is 1. The molecule has 1 amide bonds. The van der Waals surface area contributed by atoms with Crippen LogP contribution in [0.4, 0.5) is 5.69 Å². The van der Waals surface area contributed by atoms with Crippen molar-refractivity contribution in [1.29, 1.82) is 0 Å². The molecule has 5 nitrogen and oxygen atoms in total. The second kappa shape index (κ2) is 8.79. The zero-order valence-corrected chi connectivity index (χ0v) is 12.5. The number of rotatable bonds is 5. The average molecular weight is 300 g/mol. The number of likely N-dealkylation sites (N-methyl/N-ethyl adjacent to an activating group) is 1. The van der Waals surface area contributed by atoms with Crippen LogP contribution in [0.15, 0.2) is 30.3 Å². The average Bonchev–Trinajstić information content (AvgIpc) is 2.44. The van der Waals surface area contributed by atoms with E-state index in [0.717, 1.165) is 25.4 Å². The molecule has 0 spiro atoms. The van der Waals surface area contributed by atoms with Crippen molar-refractivity contribution >= 4 is 24.0 Å². The molecule has 2 N–H and O–H groups in total. The van der Waals surface area contributed by atoms with Gasteiger partial charge in [-0.1, -0.05) is 18.2 Å². The molecule has 0 bridgehead atoms. The zero-order valence-electron chi connectivity index (χ0n) is 11.7. The number of anilines is 1. The molecule has 1 fully saturated rings. The molecule has 1 heterocycles. The lowest BCUT2D eigenvalue weighted by molar-refractivity contribution is -0.120. The molecular weight excluding hydrogens is 278 g/mol. The van der Waals surface area contributed by atoms with Gasteiger partial charge in [-0.15, -0.1) is 12.4 Å². The van der Waals surface area contributed by atoms with Crippen LogP contribution >= 0.6 is 12.4 Å². The fourth-order valence-electron chi connectivity index (χ4n) is 2.02. The van der Waals surface area contributed by atoms with Crippen molar-refractivity contribution in [3.05, 3.63) is 30.3 Å². The standard InChI is InChI=1S/C14H21N3O2.ClH/c1-17-7-8-19-13(11-17)9-16-14(18)10-15-12-5-3-2-4-6-12;/h2-6,13,15H,7-11H2,1H3,(H,16,18);1H. The lowest BCUT2D eigenvalue weighted by atomic mass is 10.3. The first-order chi connectivity index (χ1) is 9.24. The summed E-state index contributed by atoms with van der Waals surface area (Å²) in [5.41, 5.74) is 0.950. The molecule has 0 radical (unpaired) electrons. The Kier molecular flexibility index (Phi) is 7.36. The Balaban J connectivity index is 0.00000200. The number of halogens is 1. The van der Waals surface area contributed by atoms with E-state index in [4.69, 9.17) is 4.74 Å². The quantitative estimate of drug-likeness (QED) is 0.851. The molecule has 1 aliphatic heterocycles. The fraction of sp³-hybridized carbons (Fsp3) is 0.500. The molecule has 1 unspecified atom stereocenters. The number of morpholine rings is 1. The van der Waals surface area contributed by atoms with Crippen LogP contribution in [0, 0.1) is 0 Å². The van der Waals surface area contributed by atoms with Gasteiger partial charge in [-0.2, -0.15) is 0 Å². The van der Waals surface area contributed by atoms with Crippen LogP contribution in [0.1, 0.15) is 0 Å². The molecule has 20 heavy (non-hydrogen) atoms. The van der Waals surface area contributed by atoms with Crippen LogP contribution in [-0.4, -0.2) is 56.7 Å².